The Hall–Kier alpha value is -2.52. The van der Waals surface area contributed by atoms with E-state index in [9.17, 15) is 4.79 Å². The molecule has 90 valence electrons. The fraction of sp³-hybridized carbons (Fsp3) is 0. The van der Waals surface area contributed by atoms with Crippen LogP contribution in [0, 0.1) is 11.3 Å². The molecule has 0 aliphatic rings. The Balaban J connectivity index is 2.04. The van der Waals surface area contributed by atoms with Gasteiger partial charge in [-0.05, 0) is 18.2 Å². The van der Waals surface area contributed by atoms with Crippen LogP contribution >= 0.6 is 11.6 Å². The van der Waals surface area contributed by atoms with E-state index in [4.69, 9.17) is 16.9 Å². The zero-order valence-corrected chi connectivity index (χ0v) is 9.82. The van der Waals surface area contributed by atoms with E-state index in [2.05, 4.69) is 20.8 Å². The predicted molar refractivity (Wildman–Crippen MR) is 67.4 cm³/mol. The topological polar surface area (TPSA) is 93.6 Å². The van der Waals surface area contributed by atoms with E-state index in [-0.39, 0.29) is 11.4 Å². The first-order valence-corrected chi connectivity index (χ1v) is 5.34. The van der Waals surface area contributed by atoms with Gasteiger partial charge in [-0.2, -0.15) is 10.4 Å². The van der Waals surface area contributed by atoms with Gasteiger partial charge in [-0.1, -0.05) is 17.7 Å². The second-order valence-corrected chi connectivity index (χ2v) is 3.80. The Labute approximate surface area is 108 Å². The van der Waals surface area contributed by atoms with Crippen molar-refractivity contribution in [1.82, 2.24) is 10.2 Å². The van der Waals surface area contributed by atoms with E-state index in [1.165, 1.54) is 6.20 Å². The number of carbonyl (C=O) groups excluding carboxylic acids is 1. The Bertz CT molecular complexity index is 616. The molecule has 18 heavy (non-hydrogen) atoms. The highest BCUT2D eigenvalue weighted by molar-refractivity contribution is 6.30. The summed E-state index contributed by atoms with van der Waals surface area (Å²) in [4.78, 5) is 11.6. The number of aromatic nitrogens is 2. The van der Waals surface area contributed by atoms with Crippen LogP contribution in [-0.4, -0.2) is 16.2 Å². The molecule has 2 aromatic rings. The van der Waals surface area contributed by atoms with Gasteiger partial charge in [0.05, 0.1) is 6.20 Å². The number of H-pyrrole nitrogens is 1. The van der Waals surface area contributed by atoms with Crippen molar-refractivity contribution >= 4 is 29.1 Å². The number of halogens is 1. The highest BCUT2D eigenvalue weighted by Gasteiger charge is 2.08. The number of urea groups is 1. The van der Waals surface area contributed by atoms with Crippen molar-refractivity contribution in [2.45, 2.75) is 0 Å². The van der Waals surface area contributed by atoms with Gasteiger partial charge in [0, 0.05) is 10.7 Å². The normalized spacial score (nSPS) is 9.56. The fourth-order valence-corrected chi connectivity index (χ4v) is 1.50. The molecule has 0 atom stereocenters. The molecule has 6 nitrogen and oxygen atoms in total. The molecule has 1 heterocycles. The van der Waals surface area contributed by atoms with Gasteiger partial charge in [-0.3, -0.25) is 10.4 Å². The van der Waals surface area contributed by atoms with Gasteiger partial charge in [0.25, 0.3) is 0 Å². The van der Waals surface area contributed by atoms with Crippen LogP contribution in [0.25, 0.3) is 0 Å². The monoisotopic (exact) mass is 261 g/mol. The predicted octanol–water partition coefficient (Wildman–Crippen LogP) is 2.58. The molecule has 3 N–H and O–H groups in total. The van der Waals surface area contributed by atoms with E-state index in [0.29, 0.717) is 10.7 Å². The molecule has 0 saturated heterocycles. The van der Waals surface area contributed by atoms with Gasteiger partial charge >= 0.3 is 6.03 Å². The number of hydrogen-bond acceptors (Lipinski definition) is 3. The van der Waals surface area contributed by atoms with Gasteiger partial charge in [-0.15, -0.1) is 0 Å². The third kappa shape index (κ3) is 2.78. The summed E-state index contributed by atoms with van der Waals surface area (Å²) >= 11 is 5.79. The standard InChI is InChI=1S/C11H8ClN5O/c12-8-2-1-3-9(4-8)15-11(18)16-10-7(5-13)6-14-17-10/h1-4,6H,(H3,14,15,16,17,18). The summed E-state index contributed by atoms with van der Waals surface area (Å²) in [5.41, 5.74) is 0.814. The molecule has 2 rings (SSSR count). The van der Waals surface area contributed by atoms with Crippen molar-refractivity contribution < 1.29 is 4.79 Å². The average molecular weight is 262 g/mol. The minimum atomic E-state index is -0.488. The van der Waals surface area contributed by atoms with Gasteiger partial charge in [0.2, 0.25) is 0 Å². The Kier molecular flexibility index (Phi) is 3.46. The SMILES string of the molecule is N#Cc1cn[nH]c1NC(=O)Nc1cccc(Cl)c1. The van der Waals surface area contributed by atoms with Crippen LogP contribution in [0.1, 0.15) is 5.56 Å². The van der Waals surface area contributed by atoms with Crippen LogP contribution in [-0.2, 0) is 0 Å². The maximum Gasteiger partial charge on any atom is 0.324 e. The van der Waals surface area contributed by atoms with Crippen LogP contribution in [0.2, 0.25) is 5.02 Å². The lowest BCUT2D eigenvalue weighted by Crippen LogP contribution is -2.20. The van der Waals surface area contributed by atoms with Crippen LogP contribution in [0.15, 0.2) is 30.5 Å². The first-order chi connectivity index (χ1) is 8.69. The number of benzene rings is 1. The molecule has 1 aromatic carbocycles. The minimum absolute atomic E-state index is 0.247. The zero-order valence-electron chi connectivity index (χ0n) is 9.07. The number of aromatic amines is 1. The fourth-order valence-electron chi connectivity index (χ4n) is 1.31. The minimum Gasteiger partial charge on any atom is -0.308 e. The third-order valence-electron chi connectivity index (χ3n) is 2.08. The second kappa shape index (κ2) is 5.21. The summed E-state index contributed by atoms with van der Waals surface area (Å²) in [7, 11) is 0. The zero-order chi connectivity index (χ0) is 13.0. The van der Waals surface area contributed by atoms with Gasteiger partial charge in [-0.25, -0.2) is 4.79 Å². The maximum absolute atomic E-state index is 11.6. The number of carbonyl (C=O) groups is 1. The molecule has 0 aliphatic carbocycles. The molecule has 0 saturated carbocycles. The summed E-state index contributed by atoms with van der Waals surface area (Å²) in [6.45, 7) is 0. The molecular weight excluding hydrogens is 254 g/mol. The van der Waals surface area contributed by atoms with Crippen LogP contribution in [0.3, 0.4) is 0 Å². The summed E-state index contributed by atoms with van der Waals surface area (Å²) in [6, 6.07) is 8.14. The van der Waals surface area contributed by atoms with Crippen molar-refractivity contribution in [2.75, 3.05) is 10.6 Å². The number of nitrogens with zero attached hydrogens (tertiary/aromatic N) is 2. The highest BCUT2D eigenvalue weighted by Crippen LogP contribution is 2.15. The first kappa shape index (κ1) is 12.0. The highest BCUT2D eigenvalue weighted by atomic mass is 35.5. The summed E-state index contributed by atoms with van der Waals surface area (Å²) < 4.78 is 0. The molecule has 0 unspecified atom stereocenters. The molecule has 0 radical (unpaired) electrons. The molecule has 7 heteroatoms. The van der Waals surface area contributed by atoms with E-state index >= 15 is 0 Å². The molecule has 0 fully saturated rings. The third-order valence-corrected chi connectivity index (χ3v) is 2.32. The van der Waals surface area contributed by atoms with E-state index < -0.39 is 6.03 Å². The van der Waals surface area contributed by atoms with Crippen molar-refractivity contribution in [1.29, 1.82) is 5.26 Å². The number of nitrogens with one attached hydrogen (secondary N) is 3. The van der Waals surface area contributed by atoms with Gasteiger partial charge < -0.3 is 5.32 Å². The Morgan fingerprint density at radius 3 is 3.00 bits per heavy atom. The number of rotatable bonds is 2. The Morgan fingerprint density at radius 2 is 2.28 bits per heavy atom. The Morgan fingerprint density at radius 1 is 1.44 bits per heavy atom. The van der Waals surface area contributed by atoms with E-state index in [1.807, 2.05) is 6.07 Å². The van der Waals surface area contributed by atoms with E-state index in [1.54, 1.807) is 24.3 Å². The number of amides is 2. The van der Waals surface area contributed by atoms with Crippen LogP contribution < -0.4 is 10.6 Å². The molecule has 0 aliphatic heterocycles. The van der Waals surface area contributed by atoms with Crippen molar-refractivity contribution in [3.05, 3.63) is 41.0 Å². The molecule has 1 aromatic heterocycles. The van der Waals surface area contributed by atoms with Gasteiger partial charge in [0.1, 0.15) is 17.5 Å². The van der Waals surface area contributed by atoms with Crippen molar-refractivity contribution in [2.24, 2.45) is 0 Å². The summed E-state index contributed by atoms with van der Waals surface area (Å²) in [5.74, 6) is 0.247. The first-order valence-electron chi connectivity index (χ1n) is 4.96. The van der Waals surface area contributed by atoms with Crippen molar-refractivity contribution in [3.63, 3.8) is 0 Å². The van der Waals surface area contributed by atoms with E-state index in [0.717, 1.165) is 0 Å². The number of hydrogen-bond donors (Lipinski definition) is 3. The molecular formula is C11H8ClN5O. The second-order valence-electron chi connectivity index (χ2n) is 3.36. The lowest BCUT2D eigenvalue weighted by atomic mass is 10.3. The number of nitriles is 1. The van der Waals surface area contributed by atoms with Crippen molar-refractivity contribution in [3.8, 4) is 6.07 Å². The lowest BCUT2D eigenvalue weighted by Gasteiger charge is -2.06. The molecule has 0 spiro atoms. The number of anilines is 2. The average Bonchev–Trinajstić information content (AvgIpc) is 2.76. The van der Waals surface area contributed by atoms with Crippen LogP contribution in [0.5, 0.6) is 0 Å². The smallest absolute Gasteiger partial charge is 0.308 e. The maximum atomic E-state index is 11.6. The molecule has 2 amide bonds. The summed E-state index contributed by atoms with van der Waals surface area (Å²) in [6.07, 6.45) is 1.33. The quantitative estimate of drug-likeness (QED) is 0.775. The summed E-state index contributed by atoms with van der Waals surface area (Å²) in [5, 5.41) is 20.5. The van der Waals surface area contributed by atoms with Gasteiger partial charge in [0.15, 0.2) is 0 Å². The largest absolute Gasteiger partial charge is 0.324 e. The lowest BCUT2D eigenvalue weighted by molar-refractivity contribution is 0.262. The molecule has 0 bridgehead atoms. The van der Waals surface area contributed by atoms with Crippen LogP contribution in [0.4, 0.5) is 16.3 Å².